The second-order valence-corrected chi connectivity index (χ2v) is 8.69. The van der Waals surface area contributed by atoms with Crippen molar-refractivity contribution in [3.05, 3.63) is 47.5 Å². The van der Waals surface area contributed by atoms with Gasteiger partial charge in [-0.25, -0.2) is 9.97 Å². The number of methoxy groups -OCH3 is 1. The Labute approximate surface area is 180 Å². The molecular formula is C24H35N3O3. The van der Waals surface area contributed by atoms with Gasteiger partial charge in [-0.3, -0.25) is 0 Å². The Morgan fingerprint density at radius 1 is 1.13 bits per heavy atom. The van der Waals surface area contributed by atoms with Crippen LogP contribution in [0.5, 0.6) is 11.5 Å². The van der Waals surface area contributed by atoms with E-state index in [-0.39, 0.29) is 0 Å². The van der Waals surface area contributed by atoms with Gasteiger partial charge in [0, 0.05) is 24.9 Å². The van der Waals surface area contributed by atoms with Crippen LogP contribution in [-0.2, 0) is 12.8 Å². The predicted octanol–water partition coefficient (Wildman–Crippen LogP) is 3.64. The van der Waals surface area contributed by atoms with Crippen LogP contribution < -0.4 is 9.47 Å². The van der Waals surface area contributed by atoms with Crippen LogP contribution >= 0.6 is 0 Å². The third-order valence-corrected chi connectivity index (χ3v) is 5.42. The molecule has 6 heteroatoms. The molecule has 3 rings (SSSR count). The van der Waals surface area contributed by atoms with E-state index in [1.165, 1.54) is 25.9 Å². The Morgan fingerprint density at radius 2 is 1.93 bits per heavy atom. The number of likely N-dealkylation sites (tertiary alicyclic amines) is 1. The van der Waals surface area contributed by atoms with Gasteiger partial charge < -0.3 is 19.5 Å². The fourth-order valence-corrected chi connectivity index (χ4v) is 3.70. The Kier molecular flexibility index (Phi) is 8.05. The number of hydrogen-bond donors (Lipinski definition) is 1. The van der Waals surface area contributed by atoms with Crippen molar-refractivity contribution in [2.75, 3.05) is 33.4 Å². The van der Waals surface area contributed by atoms with Crippen LogP contribution in [0.4, 0.5) is 0 Å². The lowest BCUT2D eigenvalue weighted by Gasteiger charge is -2.16. The Morgan fingerprint density at radius 3 is 2.67 bits per heavy atom. The summed E-state index contributed by atoms with van der Waals surface area (Å²) in [4.78, 5) is 11.6. The van der Waals surface area contributed by atoms with E-state index in [0.29, 0.717) is 19.4 Å². The van der Waals surface area contributed by atoms with Gasteiger partial charge in [-0.05, 0) is 82.8 Å². The summed E-state index contributed by atoms with van der Waals surface area (Å²) >= 11 is 0. The summed E-state index contributed by atoms with van der Waals surface area (Å²) in [7, 11) is 1.67. The van der Waals surface area contributed by atoms with Crippen molar-refractivity contribution in [3.8, 4) is 11.5 Å². The van der Waals surface area contributed by atoms with Gasteiger partial charge in [0.2, 0.25) is 0 Å². The largest absolute Gasteiger partial charge is 0.493 e. The van der Waals surface area contributed by atoms with Crippen molar-refractivity contribution < 1.29 is 14.6 Å². The van der Waals surface area contributed by atoms with Crippen LogP contribution in [0.15, 0.2) is 30.5 Å². The van der Waals surface area contributed by atoms with Gasteiger partial charge in [0.05, 0.1) is 19.3 Å². The number of aryl methyl sites for hydroxylation is 1. The molecule has 2 heterocycles. The van der Waals surface area contributed by atoms with Crippen LogP contribution in [0.2, 0.25) is 0 Å². The fraction of sp³-hybridized carbons (Fsp3) is 0.583. The average Bonchev–Trinajstić information content (AvgIpc) is 3.23. The van der Waals surface area contributed by atoms with Gasteiger partial charge in [0.1, 0.15) is 5.82 Å². The van der Waals surface area contributed by atoms with E-state index < -0.39 is 5.60 Å². The maximum absolute atomic E-state index is 9.94. The summed E-state index contributed by atoms with van der Waals surface area (Å²) in [5.74, 6) is 2.29. The van der Waals surface area contributed by atoms with E-state index in [1.54, 1.807) is 13.3 Å². The van der Waals surface area contributed by atoms with Gasteiger partial charge in [-0.15, -0.1) is 0 Å². The van der Waals surface area contributed by atoms with E-state index in [0.717, 1.165) is 48.0 Å². The molecule has 1 aromatic carbocycles. The minimum absolute atomic E-state index is 0.629. The van der Waals surface area contributed by atoms with Crippen LogP contribution in [0.25, 0.3) is 0 Å². The maximum atomic E-state index is 9.94. The lowest BCUT2D eigenvalue weighted by atomic mass is 10.0. The van der Waals surface area contributed by atoms with Gasteiger partial charge in [-0.2, -0.15) is 0 Å². The SMILES string of the molecule is COc1ccc(Cc2nccc(CCC(C)(C)O)n2)cc1OCCCN1CCCC1. The van der Waals surface area contributed by atoms with E-state index in [4.69, 9.17) is 9.47 Å². The number of hydrogen-bond acceptors (Lipinski definition) is 6. The predicted molar refractivity (Wildman–Crippen MR) is 118 cm³/mol. The van der Waals surface area contributed by atoms with Crippen LogP contribution in [0.3, 0.4) is 0 Å². The summed E-state index contributed by atoms with van der Waals surface area (Å²) in [5.41, 5.74) is 1.35. The first-order chi connectivity index (χ1) is 14.4. The monoisotopic (exact) mass is 413 g/mol. The second kappa shape index (κ2) is 10.7. The summed E-state index contributed by atoms with van der Waals surface area (Å²) in [5, 5.41) is 9.94. The summed E-state index contributed by atoms with van der Waals surface area (Å²) < 4.78 is 11.5. The molecule has 164 valence electrons. The summed E-state index contributed by atoms with van der Waals surface area (Å²) in [6.07, 6.45) is 7.47. The minimum atomic E-state index is -0.692. The molecule has 1 N–H and O–H groups in total. The molecule has 0 spiro atoms. The van der Waals surface area contributed by atoms with Crippen LogP contribution in [-0.4, -0.2) is 58.9 Å². The van der Waals surface area contributed by atoms with E-state index in [9.17, 15) is 5.11 Å². The molecular weight excluding hydrogens is 378 g/mol. The number of aromatic nitrogens is 2. The third-order valence-electron chi connectivity index (χ3n) is 5.42. The number of benzene rings is 1. The molecule has 1 aliphatic heterocycles. The highest BCUT2D eigenvalue weighted by atomic mass is 16.5. The quantitative estimate of drug-likeness (QED) is 0.567. The fourth-order valence-electron chi connectivity index (χ4n) is 3.70. The molecule has 1 aromatic heterocycles. The minimum Gasteiger partial charge on any atom is -0.493 e. The highest BCUT2D eigenvalue weighted by Gasteiger charge is 2.14. The smallest absolute Gasteiger partial charge is 0.161 e. The van der Waals surface area contributed by atoms with Gasteiger partial charge >= 0.3 is 0 Å². The normalized spacial score (nSPS) is 14.8. The molecule has 0 aliphatic carbocycles. The Hall–Kier alpha value is -2.18. The van der Waals surface area contributed by atoms with Crippen LogP contribution in [0, 0.1) is 0 Å². The lowest BCUT2D eigenvalue weighted by Crippen LogP contribution is -2.21. The van der Waals surface area contributed by atoms with E-state index >= 15 is 0 Å². The summed E-state index contributed by atoms with van der Waals surface area (Å²) in [6, 6.07) is 7.92. The standard InChI is InChI=1S/C24H35N3O3/c1-24(2,28)11-9-20-10-12-25-23(26-20)18-19-7-8-21(29-3)22(17-19)30-16-6-15-27-13-4-5-14-27/h7-8,10,12,17,28H,4-6,9,11,13-16,18H2,1-3H3. The first-order valence-electron chi connectivity index (χ1n) is 11.0. The second-order valence-electron chi connectivity index (χ2n) is 8.69. The van der Waals surface area contributed by atoms with Gasteiger partial charge in [0.15, 0.2) is 11.5 Å². The molecule has 1 saturated heterocycles. The molecule has 0 atom stereocenters. The first-order valence-corrected chi connectivity index (χ1v) is 11.0. The van der Waals surface area contributed by atoms with Gasteiger partial charge in [-0.1, -0.05) is 6.07 Å². The zero-order valence-electron chi connectivity index (χ0n) is 18.6. The van der Waals surface area contributed by atoms with E-state index in [1.807, 2.05) is 38.1 Å². The molecule has 0 amide bonds. The van der Waals surface area contributed by atoms with Crippen molar-refractivity contribution >= 4 is 0 Å². The molecule has 0 saturated carbocycles. The van der Waals surface area contributed by atoms with Crippen molar-refractivity contribution in [2.45, 2.75) is 58.0 Å². The molecule has 30 heavy (non-hydrogen) atoms. The molecule has 0 unspecified atom stereocenters. The lowest BCUT2D eigenvalue weighted by molar-refractivity contribution is 0.0711. The number of aliphatic hydroxyl groups is 1. The average molecular weight is 414 g/mol. The zero-order valence-corrected chi connectivity index (χ0v) is 18.6. The number of nitrogens with zero attached hydrogens (tertiary/aromatic N) is 3. The number of rotatable bonds is 11. The van der Waals surface area contributed by atoms with Crippen molar-refractivity contribution in [1.29, 1.82) is 0 Å². The van der Waals surface area contributed by atoms with Crippen molar-refractivity contribution in [2.24, 2.45) is 0 Å². The van der Waals surface area contributed by atoms with Crippen LogP contribution in [0.1, 0.15) is 56.6 Å². The highest BCUT2D eigenvalue weighted by molar-refractivity contribution is 5.43. The molecule has 1 aliphatic rings. The topological polar surface area (TPSA) is 67.7 Å². The van der Waals surface area contributed by atoms with E-state index in [2.05, 4.69) is 14.9 Å². The van der Waals surface area contributed by atoms with Gasteiger partial charge in [0.25, 0.3) is 0 Å². The first kappa shape index (κ1) is 22.5. The van der Waals surface area contributed by atoms with Crippen molar-refractivity contribution in [1.82, 2.24) is 14.9 Å². The number of ether oxygens (including phenoxy) is 2. The molecule has 6 nitrogen and oxygen atoms in total. The maximum Gasteiger partial charge on any atom is 0.161 e. The Bertz CT molecular complexity index is 799. The van der Waals surface area contributed by atoms with Crippen molar-refractivity contribution in [3.63, 3.8) is 0 Å². The zero-order chi connectivity index (χ0) is 21.4. The molecule has 1 fully saturated rings. The highest BCUT2D eigenvalue weighted by Crippen LogP contribution is 2.29. The Balaban J connectivity index is 1.58. The molecule has 0 bridgehead atoms. The third kappa shape index (κ3) is 7.26. The summed E-state index contributed by atoms with van der Waals surface area (Å²) in [6.45, 7) is 7.84. The molecule has 0 radical (unpaired) electrons. The molecule has 2 aromatic rings.